The van der Waals surface area contributed by atoms with Crippen LogP contribution in [0.4, 0.5) is 0 Å². The lowest BCUT2D eigenvalue weighted by Gasteiger charge is -2.36. The fourth-order valence-electron chi connectivity index (χ4n) is 4.10. The maximum atomic E-state index is 12.2. The van der Waals surface area contributed by atoms with Crippen LogP contribution in [0.15, 0.2) is 11.6 Å². The third-order valence-electron chi connectivity index (χ3n) is 5.67. The number of allylic oxidation sites excluding steroid dienone is 1. The van der Waals surface area contributed by atoms with Gasteiger partial charge in [0.15, 0.2) is 0 Å². The molecule has 0 saturated heterocycles. The highest BCUT2D eigenvalue weighted by molar-refractivity contribution is 5.89. The van der Waals surface area contributed by atoms with Crippen LogP contribution in [0.1, 0.15) is 53.4 Å². The van der Waals surface area contributed by atoms with E-state index in [1.54, 1.807) is 0 Å². The third-order valence-corrected chi connectivity index (χ3v) is 5.67. The van der Waals surface area contributed by atoms with Crippen LogP contribution in [0, 0.1) is 23.3 Å². The molecule has 0 aromatic carbocycles. The van der Waals surface area contributed by atoms with Crippen molar-refractivity contribution < 1.29 is 4.79 Å². The molecule has 0 spiro atoms. The Bertz CT molecular complexity index is 441. The molecule has 2 aliphatic carbocycles. The van der Waals surface area contributed by atoms with Crippen molar-refractivity contribution in [3.8, 4) is 0 Å². The van der Waals surface area contributed by atoms with E-state index in [1.165, 1.54) is 5.57 Å². The molecule has 2 heteroatoms. The van der Waals surface area contributed by atoms with Crippen LogP contribution in [-0.2, 0) is 4.79 Å². The number of ketones is 1. The first-order valence-corrected chi connectivity index (χ1v) is 6.89. The molecule has 2 rings (SSSR count). The number of carbonyl (C=O) groups is 1. The van der Waals surface area contributed by atoms with Gasteiger partial charge in [-0.05, 0) is 32.6 Å². The average molecular weight is 245 g/mol. The zero-order valence-electron chi connectivity index (χ0n) is 11.9. The van der Waals surface area contributed by atoms with Gasteiger partial charge in [-0.3, -0.25) is 4.79 Å². The summed E-state index contributed by atoms with van der Waals surface area (Å²) in [4.78, 5) is 16.1. The molecule has 0 radical (unpaired) electrons. The van der Waals surface area contributed by atoms with Crippen LogP contribution in [0.3, 0.4) is 0 Å². The number of hydrogen-bond donors (Lipinski definition) is 0. The highest BCUT2D eigenvalue weighted by Gasteiger charge is 2.69. The van der Waals surface area contributed by atoms with Gasteiger partial charge in [-0.15, -0.1) is 0 Å². The molecular weight excluding hydrogens is 222 g/mol. The Morgan fingerprint density at radius 1 is 1.56 bits per heavy atom. The van der Waals surface area contributed by atoms with Crippen LogP contribution in [0.25, 0.3) is 4.85 Å². The standard InChI is InChI=1S/C16H23NO/c1-11(2)6-7-13(17-5)16(4)12-8-9-15(16,3)14(18)10-12/h6,12-13H,7-10H2,1-4H3. The minimum atomic E-state index is -0.248. The quantitative estimate of drug-likeness (QED) is 0.543. The second-order valence-electron chi connectivity index (χ2n) is 6.64. The van der Waals surface area contributed by atoms with Gasteiger partial charge in [0, 0.05) is 18.3 Å². The summed E-state index contributed by atoms with van der Waals surface area (Å²) >= 11 is 0. The number of fused-ring (bicyclic) bond motifs is 2. The van der Waals surface area contributed by atoms with Crippen molar-refractivity contribution in [2.24, 2.45) is 16.7 Å². The number of hydrogen-bond acceptors (Lipinski definition) is 1. The molecule has 98 valence electrons. The van der Waals surface area contributed by atoms with Crippen molar-refractivity contribution in [3.63, 3.8) is 0 Å². The SMILES string of the molecule is [C-]#[N+]C(CC=C(C)C)C1(C)C2CCC1(C)C(=O)C2. The van der Waals surface area contributed by atoms with Crippen LogP contribution in [-0.4, -0.2) is 11.8 Å². The lowest BCUT2D eigenvalue weighted by Crippen LogP contribution is -2.42. The van der Waals surface area contributed by atoms with Crippen molar-refractivity contribution in [1.82, 2.24) is 0 Å². The first-order valence-electron chi connectivity index (χ1n) is 6.89. The molecule has 2 nitrogen and oxygen atoms in total. The fourth-order valence-corrected chi connectivity index (χ4v) is 4.10. The van der Waals surface area contributed by atoms with Crippen LogP contribution >= 0.6 is 0 Å². The molecule has 2 fully saturated rings. The molecule has 0 N–H and O–H groups in total. The highest BCUT2D eigenvalue weighted by atomic mass is 16.1. The summed E-state index contributed by atoms with van der Waals surface area (Å²) in [5.41, 5.74) is 0.897. The Morgan fingerprint density at radius 2 is 2.22 bits per heavy atom. The predicted molar refractivity (Wildman–Crippen MR) is 73.0 cm³/mol. The van der Waals surface area contributed by atoms with E-state index in [9.17, 15) is 4.79 Å². The third kappa shape index (κ3) is 1.56. The monoisotopic (exact) mass is 245 g/mol. The predicted octanol–water partition coefficient (Wildman–Crippen LogP) is 4.03. The molecule has 0 aromatic rings. The molecule has 0 amide bonds. The molecule has 0 aromatic heterocycles. The number of carbonyl (C=O) groups excluding carboxylic acids is 1. The zero-order chi connectivity index (χ0) is 13.6. The van der Waals surface area contributed by atoms with Gasteiger partial charge in [0.25, 0.3) is 0 Å². The van der Waals surface area contributed by atoms with E-state index in [0.29, 0.717) is 18.1 Å². The average Bonchev–Trinajstić information content (AvgIpc) is 2.65. The molecule has 4 atom stereocenters. The van der Waals surface area contributed by atoms with Crippen LogP contribution < -0.4 is 0 Å². The molecule has 2 saturated carbocycles. The van der Waals surface area contributed by atoms with Gasteiger partial charge in [-0.25, -0.2) is 6.57 Å². The summed E-state index contributed by atoms with van der Waals surface area (Å²) in [5.74, 6) is 0.826. The topological polar surface area (TPSA) is 21.4 Å². The Hall–Kier alpha value is -1.10. The molecule has 2 aliphatic rings. The maximum Gasteiger partial charge on any atom is 0.233 e. The molecule has 0 aliphatic heterocycles. The number of Topliss-reactive ketones (excluding diaryl/α,β-unsaturated/α-hetero) is 1. The molecule has 0 heterocycles. The highest BCUT2D eigenvalue weighted by Crippen LogP contribution is 2.66. The van der Waals surface area contributed by atoms with E-state index in [2.05, 4.69) is 38.6 Å². The Balaban J connectivity index is 2.34. The van der Waals surface area contributed by atoms with Gasteiger partial charge < -0.3 is 4.85 Å². The lowest BCUT2D eigenvalue weighted by molar-refractivity contribution is -0.128. The van der Waals surface area contributed by atoms with Gasteiger partial charge in [-0.1, -0.05) is 25.5 Å². The minimum absolute atomic E-state index is 0.0450. The Labute approximate surface area is 110 Å². The Kier molecular flexibility index (Phi) is 3.13. The van der Waals surface area contributed by atoms with Crippen molar-refractivity contribution >= 4 is 5.78 Å². The van der Waals surface area contributed by atoms with Crippen LogP contribution in [0.2, 0.25) is 0 Å². The summed E-state index contributed by atoms with van der Waals surface area (Å²) in [6, 6.07) is -0.0450. The Morgan fingerprint density at radius 3 is 2.61 bits per heavy atom. The summed E-state index contributed by atoms with van der Waals surface area (Å²) in [6.07, 6.45) is 5.75. The van der Waals surface area contributed by atoms with Gasteiger partial charge in [-0.2, -0.15) is 0 Å². The van der Waals surface area contributed by atoms with Crippen molar-refractivity contribution in [1.29, 1.82) is 0 Å². The fraction of sp³-hybridized carbons (Fsp3) is 0.750. The van der Waals surface area contributed by atoms with E-state index in [0.717, 1.165) is 19.3 Å². The van der Waals surface area contributed by atoms with E-state index in [4.69, 9.17) is 6.57 Å². The van der Waals surface area contributed by atoms with E-state index < -0.39 is 0 Å². The van der Waals surface area contributed by atoms with Crippen molar-refractivity contribution in [2.75, 3.05) is 0 Å². The largest absolute Gasteiger partial charge is 0.313 e. The first kappa shape index (κ1) is 13.3. The van der Waals surface area contributed by atoms with Crippen molar-refractivity contribution in [2.45, 2.75) is 59.4 Å². The van der Waals surface area contributed by atoms with E-state index in [1.807, 2.05) is 0 Å². The molecule has 18 heavy (non-hydrogen) atoms. The summed E-state index contributed by atoms with van der Waals surface area (Å²) < 4.78 is 0. The number of rotatable bonds is 3. The zero-order valence-corrected chi connectivity index (χ0v) is 11.9. The smallest absolute Gasteiger partial charge is 0.233 e. The summed E-state index contributed by atoms with van der Waals surface area (Å²) in [6.45, 7) is 16.0. The minimum Gasteiger partial charge on any atom is -0.313 e. The van der Waals surface area contributed by atoms with Gasteiger partial charge in [0.05, 0.1) is 5.41 Å². The molecule has 2 bridgehead atoms. The normalized spacial score (nSPS) is 39.5. The van der Waals surface area contributed by atoms with Gasteiger partial charge >= 0.3 is 0 Å². The van der Waals surface area contributed by atoms with Crippen molar-refractivity contribution in [3.05, 3.63) is 23.1 Å². The van der Waals surface area contributed by atoms with E-state index >= 15 is 0 Å². The van der Waals surface area contributed by atoms with Gasteiger partial charge in [0.1, 0.15) is 5.78 Å². The lowest BCUT2D eigenvalue weighted by atomic mass is 9.64. The summed E-state index contributed by atoms with van der Waals surface area (Å²) in [7, 11) is 0. The molecule has 4 unspecified atom stereocenters. The van der Waals surface area contributed by atoms with Crippen LogP contribution in [0.5, 0.6) is 0 Å². The maximum absolute atomic E-state index is 12.2. The number of nitrogens with zero attached hydrogens (tertiary/aromatic N) is 1. The second kappa shape index (κ2) is 4.23. The van der Waals surface area contributed by atoms with E-state index in [-0.39, 0.29) is 16.9 Å². The summed E-state index contributed by atoms with van der Waals surface area (Å²) in [5, 5.41) is 0. The molecular formula is C16H23NO. The van der Waals surface area contributed by atoms with Gasteiger partial charge in [0.2, 0.25) is 6.04 Å². The second-order valence-corrected chi connectivity index (χ2v) is 6.64. The first-order chi connectivity index (χ1) is 8.36.